The summed E-state index contributed by atoms with van der Waals surface area (Å²) in [6, 6.07) is 6.38. The second kappa shape index (κ2) is 7.63. The summed E-state index contributed by atoms with van der Waals surface area (Å²) in [5.41, 5.74) is 6.45. The maximum Gasteiger partial charge on any atom is 0.335 e. The molecule has 0 aromatic heterocycles. The van der Waals surface area contributed by atoms with E-state index in [2.05, 4.69) is 4.90 Å². The van der Waals surface area contributed by atoms with Gasteiger partial charge in [0.1, 0.15) is 0 Å². The summed E-state index contributed by atoms with van der Waals surface area (Å²) in [5.74, 6) is -1.05. The van der Waals surface area contributed by atoms with E-state index in [1.807, 2.05) is 11.0 Å². The van der Waals surface area contributed by atoms with Crippen LogP contribution >= 0.6 is 0 Å². The van der Waals surface area contributed by atoms with Gasteiger partial charge in [0.15, 0.2) is 0 Å². The second-order valence-corrected chi connectivity index (χ2v) is 6.79. The largest absolute Gasteiger partial charge is 0.478 e. The molecule has 0 spiro atoms. The Morgan fingerprint density at radius 2 is 1.77 bits per heavy atom. The standard InChI is InChI=1S/C18H24N4O4/c19-18(26)22-6-2-4-14(12-22)16(23)21-9-7-20(8-10-21)15-5-1-3-13(11-15)17(24)25/h1,3,5,11,14H,2,4,6-10,12H2,(H2,19,26)(H,24,25)/t14-/m0/s1. The predicted octanol–water partition coefficient (Wildman–Crippen LogP) is 0.824. The summed E-state index contributed by atoms with van der Waals surface area (Å²) >= 11 is 0. The van der Waals surface area contributed by atoms with Gasteiger partial charge in [-0.15, -0.1) is 0 Å². The molecule has 1 aromatic carbocycles. The second-order valence-electron chi connectivity index (χ2n) is 6.79. The lowest BCUT2D eigenvalue weighted by Gasteiger charge is -2.39. The molecule has 0 radical (unpaired) electrons. The minimum atomic E-state index is -0.947. The fourth-order valence-electron chi connectivity index (χ4n) is 3.66. The van der Waals surface area contributed by atoms with Crippen molar-refractivity contribution in [2.24, 2.45) is 11.7 Å². The minimum absolute atomic E-state index is 0.0786. The molecule has 140 valence electrons. The van der Waals surface area contributed by atoms with E-state index in [1.54, 1.807) is 23.1 Å². The highest BCUT2D eigenvalue weighted by molar-refractivity contribution is 5.88. The minimum Gasteiger partial charge on any atom is -0.478 e. The quantitative estimate of drug-likeness (QED) is 0.830. The predicted molar refractivity (Wildman–Crippen MR) is 96.1 cm³/mol. The van der Waals surface area contributed by atoms with Crippen LogP contribution in [0.3, 0.4) is 0 Å². The highest BCUT2D eigenvalue weighted by Gasteiger charge is 2.32. The number of piperazine rings is 1. The molecule has 2 aliphatic heterocycles. The molecule has 1 aromatic rings. The number of piperidine rings is 1. The molecule has 2 fully saturated rings. The van der Waals surface area contributed by atoms with Gasteiger partial charge < -0.3 is 25.5 Å². The average Bonchev–Trinajstić information content (AvgIpc) is 2.67. The molecule has 2 saturated heterocycles. The van der Waals surface area contributed by atoms with Crippen molar-refractivity contribution in [3.05, 3.63) is 29.8 Å². The first-order chi connectivity index (χ1) is 12.5. The van der Waals surface area contributed by atoms with E-state index < -0.39 is 12.0 Å². The van der Waals surface area contributed by atoms with Crippen LogP contribution in [0.2, 0.25) is 0 Å². The van der Waals surface area contributed by atoms with E-state index in [4.69, 9.17) is 10.8 Å². The van der Waals surface area contributed by atoms with Crippen LogP contribution in [-0.4, -0.2) is 72.1 Å². The number of carbonyl (C=O) groups excluding carboxylic acids is 2. The molecule has 26 heavy (non-hydrogen) atoms. The maximum absolute atomic E-state index is 12.8. The zero-order chi connectivity index (χ0) is 18.7. The van der Waals surface area contributed by atoms with Crippen LogP contribution in [0.15, 0.2) is 24.3 Å². The Bertz CT molecular complexity index is 700. The number of carboxylic acids is 1. The van der Waals surface area contributed by atoms with Crippen LogP contribution in [-0.2, 0) is 4.79 Å². The van der Waals surface area contributed by atoms with E-state index in [0.717, 1.165) is 18.5 Å². The molecule has 0 saturated carbocycles. The van der Waals surface area contributed by atoms with E-state index in [1.165, 1.54) is 0 Å². The topological polar surface area (TPSA) is 107 Å². The molecule has 0 unspecified atom stereocenters. The number of nitrogens with two attached hydrogens (primary N) is 1. The number of nitrogens with zero attached hydrogens (tertiary/aromatic N) is 3. The van der Waals surface area contributed by atoms with Gasteiger partial charge >= 0.3 is 12.0 Å². The SMILES string of the molecule is NC(=O)N1CCC[C@H](C(=O)N2CCN(c3cccc(C(=O)O)c3)CC2)C1. The van der Waals surface area contributed by atoms with Gasteiger partial charge in [0, 0.05) is 45.0 Å². The van der Waals surface area contributed by atoms with Gasteiger partial charge in [-0.25, -0.2) is 9.59 Å². The zero-order valence-corrected chi connectivity index (χ0v) is 14.6. The molecule has 8 nitrogen and oxygen atoms in total. The van der Waals surface area contributed by atoms with Crippen LogP contribution in [0.5, 0.6) is 0 Å². The van der Waals surface area contributed by atoms with Crippen LogP contribution in [0.25, 0.3) is 0 Å². The smallest absolute Gasteiger partial charge is 0.335 e. The number of primary amides is 1. The van der Waals surface area contributed by atoms with Gasteiger partial charge in [0.05, 0.1) is 11.5 Å². The molecule has 2 aliphatic rings. The molecule has 8 heteroatoms. The normalized spacial score (nSPS) is 20.8. The first-order valence-electron chi connectivity index (χ1n) is 8.87. The fraction of sp³-hybridized carbons (Fsp3) is 0.500. The number of hydrogen-bond acceptors (Lipinski definition) is 4. The van der Waals surface area contributed by atoms with Gasteiger partial charge in [-0.05, 0) is 31.0 Å². The Balaban J connectivity index is 1.58. The van der Waals surface area contributed by atoms with Crippen molar-refractivity contribution in [3.63, 3.8) is 0 Å². The Labute approximate surface area is 152 Å². The van der Waals surface area contributed by atoms with Crippen molar-refractivity contribution in [2.45, 2.75) is 12.8 Å². The first-order valence-corrected chi connectivity index (χ1v) is 8.87. The van der Waals surface area contributed by atoms with E-state index in [0.29, 0.717) is 39.3 Å². The average molecular weight is 360 g/mol. The Morgan fingerprint density at radius 3 is 2.42 bits per heavy atom. The van der Waals surface area contributed by atoms with E-state index in [-0.39, 0.29) is 17.4 Å². The zero-order valence-electron chi connectivity index (χ0n) is 14.6. The number of hydrogen-bond donors (Lipinski definition) is 2. The molecule has 0 bridgehead atoms. The van der Waals surface area contributed by atoms with Crippen LogP contribution in [0.1, 0.15) is 23.2 Å². The van der Waals surface area contributed by atoms with Crippen LogP contribution < -0.4 is 10.6 Å². The summed E-state index contributed by atoms with van der Waals surface area (Å²) < 4.78 is 0. The Hall–Kier alpha value is -2.77. The summed E-state index contributed by atoms with van der Waals surface area (Å²) in [7, 11) is 0. The number of rotatable bonds is 3. The molecule has 2 heterocycles. The number of anilines is 1. The number of likely N-dealkylation sites (tertiary alicyclic amines) is 1. The fourth-order valence-corrected chi connectivity index (χ4v) is 3.66. The first kappa shape index (κ1) is 18.0. The van der Waals surface area contributed by atoms with Crippen molar-refractivity contribution in [1.29, 1.82) is 0 Å². The molecular formula is C18H24N4O4. The molecular weight excluding hydrogens is 336 g/mol. The van der Waals surface area contributed by atoms with Crippen molar-refractivity contribution in [3.8, 4) is 0 Å². The van der Waals surface area contributed by atoms with Gasteiger partial charge in [-0.2, -0.15) is 0 Å². The van der Waals surface area contributed by atoms with E-state index >= 15 is 0 Å². The summed E-state index contributed by atoms with van der Waals surface area (Å²) in [6.45, 7) is 3.50. The third-order valence-electron chi connectivity index (χ3n) is 5.13. The monoisotopic (exact) mass is 360 g/mol. The van der Waals surface area contributed by atoms with Gasteiger partial charge in [-0.1, -0.05) is 6.07 Å². The number of urea groups is 1. The number of benzene rings is 1. The number of carbonyl (C=O) groups is 3. The van der Waals surface area contributed by atoms with Crippen molar-refractivity contribution in [2.75, 3.05) is 44.2 Å². The lowest BCUT2D eigenvalue weighted by atomic mass is 9.96. The molecule has 3 amide bonds. The molecule has 3 N–H and O–H groups in total. The van der Waals surface area contributed by atoms with Crippen LogP contribution in [0, 0.1) is 5.92 Å². The lowest BCUT2D eigenvalue weighted by molar-refractivity contribution is -0.137. The third-order valence-corrected chi connectivity index (χ3v) is 5.13. The molecule has 3 rings (SSSR count). The summed E-state index contributed by atoms with van der Waals surface area (Å²) in [5, 5.41) is 9.12. The number of aromatic carboxylic acids is 1. The van der Waals surface area contributed by atoms with Gasteiger partial charge in [0.25, 0.3) is 0 Å². The van der Waals surface area contributed by atoms with Crippen molar-refractivity contribution >= 4 is 23.6 Å². The maximum atomic E-state index is 12.8. The van der Waals surface area contributed by atoms with Crippen molar-refractivity contribution in [1.82, 2.24) is 9.80 Å². The van der Waals surface area contributed by atoms with Crippen LogP contribution in [0.4, 0.5) is 10.5 Å². The summed E-state index contributed by atoms with van der Waals surface area (Å²) in [4.78, 5) is 40.7. The van der Waals surface area contributed by atoms with Gasteiger partial charge in [0.2, 0.25) is 5.91 Å². The number of carboxylic acid groups (broad SMARTS) is 1. The lowest BCUT2D eigenvalue weighted by Crippen LogP contribution is -2.53. The number of amides is 3. The third kappa shape index (κ3) is 3.89. The molecule has 1 atom stereocenters. The Morgan fingerprint density at radius 1 is 1.04 bits per heavy atom. The highest BCUT2D eigenvalue weighted by Crippen LogP contribution is 2.22. The Kier molecular flexibility index (Phi) is 5.29. The molecule has 0 aliphatic carbocycles. The van der Waals surface area contributed by atoms with Crippen molar-refractivity contribution < 1.29 is 19.5 Å². The highest BCUT2D eigenvalue weighted by atomic mass is 16.4. The van der Waals surface area contributed by atoms with Gasteiger partial charge in [-0.3, -0.25) is 4.79 Å². The summed E-state index contributed by atoms with van der Waals surface area (Å²) in [6.07, 6.45) is 1.57. The van der Waals surface area contributed by atoms with E-state index in [9.17, 15) is 14.4 Å².